The average Bonchev–Trinajstić information content (AvgIpc) is 2.32. The van der Waals surface area contributed by atoms with Crippen LogP contribution in [0.2, 0.25) is 5.02 Å². The molecule has 7 heteroatoms. The summed E-state index contributed by atoms with van der Waals surface area (Å²) in [6.45, 7) is 1.09. The van der Waals surface area contributed by atoms with E-state index in [-0.39, 0.29) is 18.3 Å². The lowest BCUT2D eigenvalue weighted by Gasteiger charge is -2.10. The maximum absolute atomic E-state index is 11.9. The lowest BCUT2D eigenvalue weighted by molar-refractivity contribution is 0.0950. The van der Waals surface area contributed by atoms with Gasteiger partial charge in [-0.2, -0.15) is 0 Å². The van der Waals surface area contributed by atoms with Gasteiger partial charge in [-0.25, -0.2) is 0 Å². The maximum atomic E-state index is 11.9. The van der Waals surface area contributed by atoms with Crippen LogP contribution in [-0.4, -0.2) is 26.1 Å². The van der Waals surface area contributed by atoms with Gasteiger partial charge in [-0.3, -0.25) is 4.79 Å². The molecule has 0 atom stereocenters. The van der Waals surface area contributed by atoms with E-state index >= 15 is 0 Å². The SMILES string of the molecule is COc1cc(I)c(Cl)cc1C(=O)NCCCN.Cl. The number of carbonyl (C=O) groups is 1. The zero-order chi connectivity index (χ0) is 12.8. The molecule has 0 radical (unpaired) electrons. The Morgan fingerprint density at radius 1 is 1.56 bits per heavy atom. The van der Waals surface area contributed by atoms with E-state index in [2.05, 4.69) is 27.9 Å². The first-order chi connectivity index (χ1) is 8.10. The Morgan fingerprint density at radius 3 is 2.78 bits per heavy atom. The second-order valence-corrected chi connectivity index (χ2v) is 4.93. The normalized spacial score (nSPS) is 9.56. The molecule has 0 saturated heterocycles. The summed E-state index contributed by atoms with van der Waals surface area (Å²) in [4.78, 5) is 11.9. The van der Waals surface area contributed by atoms with Crippen molar-refractivity contribution in [3.05, 3.63) is 26.3 Å². The molecule has 0 heterocycles. The average molecular weight is 405 g/mol. The van der Waals surface area contributed by atoms with E-state index in [9.17, 15) is 4.79 Å². The van der Waals surface area contributed by atoms with Gasteiger partial charge in [-0.15, -0.1) is 12.4 Å². The van der Waals surface area contributed by atoms with Crippen LogP contribution in [0.5, 0.6) is 5.75 Å². The number of rotatable bonds is 5. The van der Waals surface area contributed by atoms with E-state index in [1.165, 1.54) is 7.11 Å². The quantitative estimate of drug-likeness (QED) is 0.585. The molecule has 1 aromatic carbocycles. The van der Waals surface area contributed by atoms with Crippen molar-refractivity contribution in [2.75, 3.05) is 20.2 Å². The first-order valence-electron chi connectivity index (χ1n) is 5.11. The van der Waals surface area contributed by atoms with Crippen molar-refractivity contribution >= 4 is 52.5 Å². The highest BCUT2D eigenvalue weighted by Gasteiger charge is 2.14. The van der Waals surface area contributed by atoms with E-state index in [1.54, 1.807) is 12.1 Å². The van der Waals surface area contributed by atoms with Crippen molar-refractivity contribution in [3.8, 4) is 5.75 Å². The summed E-state index contributed by atoms with van der Waals surface area (Å²) in [5.41, 5.74) is 5.80. The molecule has 0 unspecified atom stereocenters. The topological polar surface area (TPSA) is 64.3 Å². The number of hydrogen-bond donors (Lipinski definition) is 2. The third-order valence-corrected chi connectivity index (χ3v) is 3.68. The first kappa shape index (κ1) is 17.8. The molecule has 0 fully saturated rings. The van der Waals surface area contributed by atoms with Crippen molar-refractivity contribution in [3.63, 3.8) is 0 Å². The number of amides is 1. The van der Waals surface area contributed by atoms with Crippen molar-refractivity contribution in [1.82, 2.24) is 5.32 Å². The Bertz CT molecular complexity index is 416. The van der Waals surface area contributed by atoms with Gasteiger partial charge in [0.25, 0.3) is 5.91 Å². The van der Waals surface area contributed by atoms with E-state index < -0.39 is 0 Å². The van der Waals surface area contributed by atoms with Crippen LogP contribution in [0.4, 0.5) is 0 Å². The highest BCUT2D eigenvalue weighted by molar-refractivity contribution is 14.1. The van der Waals surface area contributed by atoms with Crippen LogP contribution in [0.3, 0.4) is 0 Å². The molecule has 0 saturated carbocycles. The summed E-state index contributed by atoms with van der Waals surface area (Å²) in [6, 6.07) is 3.35. The number of nitrogens with one attached hydrogen (secondary N) is 1. The highest BCUT2D eigenvalue weighted by Crippen LogP contribution is 2.28. The van der Waals surface area contributed by atoms with E-state index in [4.69, 9.17) is 22.1 Å². The zero-order valence-corrected chi connectivity index (χ0v) is 13.6. The minimum absolute atomic E-state index is 0. The summed E-state index contributed by atoms with van der Waals surface area (Å²) < 4.78 is 6.01. The van der Waals surface area contributed by atoms with Gasteiger partial charge in [0.15, 0.2) is 0 Å². The molecule has 1 aromatic rings. The van der Waals surface area contributed by atoms with Crippen molar-refractivity contribution in [2.24, 2.45) is 5.73 Å². The molecular formula is C11H15Cl2IN2O2. The van der Waals surface area contributed by atoms with Crippen molar-refractivity contribution in [2.45, 2.75) is 6.42 Å². The minimum atomic E-state index is -0.200. The summed E-state index contributed by atoms with van der Waals surface area (Å²) in [6.07, 6.45) is 0.742. The Labute approximate surface area is 131 Å². The van der Waals surface area contributed by atoms with Crippen molar-refractivity contribution < 1.29 is 9.53 Å². The van der Waals surface area contributed by atoms with Gasteiger partial charge in [-0.1, -0.05) is 11.6 Å². The lowest BCUT2D eigenvalue weighted by atomic mass is 10.2. The van der Waals surface area contributed by atoms with Crippen LogP contribution >= 0.6 is 46.6 Å². The van der Waals surface area contributed by atoms with Gasteiger partial charge in [0.05, 0.1) is 17.7 Å². The number of benzene rings is 1. The lowest BCUT2D eigenvalue weighted by Crippen LogP contribution is -2.26. The van der Waals surface area contributed by atoms with Gasteiger partial charge >= 0.3 is 0 Å². The Morgan fingerprint density at radius 2 is 2.22 bits per heavy atom. The fraction of sp³-hybridized carbons (Fsp3) is 0.364. The molecule has 0 aliphatic carbocycles. The number of ether oxygens (including phenoxy) is 1. The maximum Gasteiger partial charge on any atom is 0.255 e. The Kier molecular flexibility index (Phi) is 8.67. The predicted octanol–water partition coefficient (Wildman–Crippen LogP) is 2.45. The third-order valence-electron chi connectivity index (χ3n) is 2.15. The largest absolute Gasteiger partial charge is 0.496 e. The number of hydrogen-bond acceptors (Lipinski definition) is 3. The fourth-order valence-corrected chi connectivity index (χ4v) is 1.88. The molecule has 18 heavy (non-hydrogen) atoms. The second-order valence-electron chi connectivity index (χ2n) is 3.36. The van der Waals surface area contributed by atoms with E-state index in [0.29, 0.717) is 29.4 Å². The highest BCUT2D eigenvalue weighted by atomic mass is 127. The molecule has 4 nitrogen and oxygen atoms in total. The summed E-state index contributed by atoms with van der Waals surface area (Å²) >= 11 is 8.07. The van der Waals surface area contributed by atoms with E-state index in [1.807, 2.05) is 0 Å². The molecule has 0 aliphatic heterocycles. The van der Waals surface area contributed by atoms with Crippen LogP contribution in [-0.2, 0) is 0 Å². The van der Waals surface area contributed by atoms with Gasteiger partial charge in [-0.05, 0) is 47.7 Å². The summed E-state index contributed by atoms with van der Waals surface area (Å²) in [5, 5.41) is 3.30. The van der Waals surface area contributed by atoms with Gasteiger partial charge < -0.3 is 15.8 Å². The smallest absolute Gasteiger partial charge is 0.255 e. The van der Waals surface area contributed by atoms with Crippen LogP contribution in [0.15, 0.2) is 12.1 Å². The summed E-state index contributed by atoms with van der Waals surface area (Å²) in [7, 11) is 1.52. The molecule has 0 aliphatic rings. The molecule has 3 N–H and O–H groups in total. The Balaban J connectivity index is 0.00000289. The summed E-state index contributed by atoms with van der Waals surface area (Å²) in [5.74, 6) is 0.317. The van der Waals surface area contributed by atoms with Crippen LogP contribution in [0, 0.1) is 3.57 Å². The van der Waals surface area contributed by atoms with Gasteiger partial charge in [0.1, 0.15) is 5.75 Å². The van der Waals surface area contributed by atoms with Crippen molar-refractivity contribution in [1.29, 1.82) is 0 Å². The van der Waals surface area contributed by atoms with E-state index in [0.717, 1.165) is 9.99 Å². The molecule has 102 valence electrons. The number of carbonyl (C=O) groups excluding carboxylic acids is 1. The standard InChI is InChI=1S/C11H14ClIN2O2.ClH/c1-17-10-6-9(13)8(12)5-7(10)11(16)15-4-2-3-14;/h5-6H,2-4,14H2,1H3,(H,15,16);1H. The fourth-order valence-electron chi connectivity index (χ4n) is 1.27. The predicted molar refractivity (Wildman–Crippen MR) is 84.0 cm³/mol. The molecule has 1 amide bonds. The number of nitrogens with two attached hydrogens (primary N) is 1. The van der Waals surface area contributed by atoms with Gasteiger partial charge in [0, 0.05) is 10.1 Å². The Hall–Kier alpha value is -0.240. The molecule has 0 spiro atoms. The monoisotopic (exact) mass is 404 g/mol. The third kappa shape index (κ3) is 4.79. The minimum Gasteiger partial charge on any atom is -0.496 e. The second kappa shape index (κ2) is 8.79. The number of halogens is 3. The molecule has 1 rings (SSSR count). The van der Waals surface area contributed by atoms with Crippen LogP contribution < -0.4 is 15.8 Å². The number of methoxy groups -OCH3 is 1. The molecular weight excluding hydrogens is 390 g/mol. The van der Waals surface area contributed by atoms with Gasteiger partial charge in [0.2, 0.25) is 0 Å². The van der Waals surface area contributed by atoms with Crippen LogP contribution in [0.1, 0.15) is 16.8 Å². The first-order valence-corrected chi connectivity index (χ1v) is 6.57. The molecule has 0 aromatic heterocycles. The molecule has 0 bridgehead atoms. The van der Waals surface area contributed by atoms with Crippen LogP contribution in [0.25, 0.3) is 0 Å². The zero-order valence-electron chi connectivity index (χ0n) is 9.83.